The molecule has 1 N–H and O–H groups in total. The van der Waals surface area contributed by atoms with E-state index >= 15 is 0 Å². The van der Waals surface area contributed by atoms with Gasteiger partial charge in [0, 0.05) is 24.1 Å². The summed E-state index contributed by atoms with van der Waals surface area (Å²) in [7, 11) is 1.93. The van der Waals surface area contributed by atoms with Crippen LogP contribution in [-0.2, 0) is 13.7 Å². The number of rotatable bonds is 3. The van der Waals surface area contributed by atoms with Gasteiger partial charge in [-0.1, -0.05) is 0 Å². The van der Waals surface area contributed by atoms with Gasteiger partial charge in [0.15, 0.2) is 0 Å². The van der Waals surface area contributed by atoms with Gasteiger partial charge >= 0.3 is 0 Å². The fourth-order valence-electron chi connectivity index (χ4n) is 2.08. The van der Waals surface area contributed by atoms with Crippen LogP contribution in [0.5, 0.6) is 5.75 Å². The highest BCUT2D eigenvalue weighted by Crippen LogP contribution is 2.20. The van der Waals surface area contributed by atoms with E-state index in [1.165, 1.54) is 0 Å². The van der Waals surface area contributed by atoms with Gasteiger partial charge in [0.1, 0.15) is 12.4 Å². The van der Waals surface area contributed by atoms with E-state index in [9.17, 15) is 0 Å². The monoisotopic (exact) mass is 241 g/mol. The minimum atomic E-state index is 0.535. The average molecular weight is 241 g/mol. The number of fused-ring (bicyclic) bond motifs is 1. The fraction of sp³-hybridized carbons (Fsp3) is 0.214. The molecule has 0 aliphatic carbocycles. The van der Waals surface area contributed by atoms with Crippen molar-refractivity contribution in [3.63, 3.8) is 0 Å². The molecule has 2 heterocycles. The van der Waals surface area contributed by atoms with Gasteiger partial charge in [-0.25, -0.2) is 0 Å². The molecule has 18 heavy (non-hydrogen) atoms. The molecule has 92 valence electrons. The van der Waals surface area contributed by atoms with Gasteiger partial charge in [0.05, 0.1) is 11.4 Å². The number of hydrogen-bond donors (Lipinski definition) is 1. The van der Waals surface area contributed by atoms with Crippen LogP contribution >= 0.6 is 0 Å². The van der Waals surface area contributed by atoms with Crippen LogP contribution in [-0.4, -0.2) is 14.8 Å². The number of aromatic amines is 1. The second-order valence-corrected chi connectivity index (χ2v) is 4.42. The van der Waals surface area contributed by atoms with Crippen LogP contribution in [0.15, 0.2) is 36.5 Å². The Morgan fingerprint density at radius 3 is 2.94 bits per heavy atom. The third-order valence-corrected chi connectivity index (χ3v) is 3.01. The summed E-state index contributed by atoms with van der Waals surface area (Å²) in [6.45, 7) is 2.52. The maximum atomic E-state index is 5.79. The molecule has 0 spiro atoms. The molecule has 0 saturated heterocycles. The second-order valence-electron chi connectivity index (χ2n) is 4.42. The van der Waals surface area contributed by atoms with Gasteiger partial charge in [-0.05, 0) is 37.3 Å². The standard InChI is InChI=1S/C14H15N3O/c1-10-7-12(17(2)16-10)9-18-13-3-4-14-11(8-13)5-6-15-14/h3-8,15H,9H2,1-2H3. The first-order valence-electron chi connectivity index (χ1n) is 5.92. The lowest BCUT2D eigenvalue weighted by molar-refractivity contribution is 0.295. The third kappa shape index (κ3) is 1.97. The molecule has 1 aromatic carbocycles. The number of aryl methyl sites for hydroxylation is 2. The molecular formula is C14H15N3O. The maximum absolute atomic E-state index is 5.79. The largest absolute Gasteiger partial charge is 0.487 e. The summed E-state index contributed by atoms with van der Waals surface area (Å²) in [5.41, 5.74) is 3.21. The highest BCUT2D eigenvalue weighted by Gasteiger charge is 2.03. The molecule has 0 amide bonds. The number of nitrogens with one attached hydrogen (secondary N) is 1. The van der Waals surface area contributed by atoms with Crippen LogP contribution in [0.1, 0.15) is 11.4 Å². The molecule has 0 aliphatic rings. The summed E-state index contributed by atoms with van der Waals surface area (Å²) >= 11 is 0. The summed E-state index contributed by atoms with van der Waals surface area (Å²) in [4.78, 5) is 3.16. The van der Waals surface area contributed by atoms with Crippen molar-refractivity contribution in [3.05, 3.63) is 47.9 Å². The maximum Gasteiger partial charge on any atom is 0.130 e. The lowest BCUT2D eigenvalue weighted by Crippen LogP contribution is -2.02. The Labute approximate surface area is 105 Å². The van der Waals surface area contributed by atoms with E-state index in [0.29, 0.717) is 6.61 Å². The molecule has 0 bridgehead atoms. The molecule has 4 heteroatoms. The van der Waals surface area contributed by atoms with Crippen LogP contribution in [0, 0.1) is 6.92 Å². The topological polar surface area (TPSA) is 42.8 Å². The Balaban J connectivity index is 1.78. The normalized spacial score (nSPS) is 11.0. The fourth-order valence-corrected chi connectivity index (χ4v) is 2.08. The van der Waals surface area contributed by atoms with Crippen molar-refractivity contribution in [2.24, 2.45) is 7.05 Å². The zero-order valence-electron chi connectivity index (χ0n) is 10.5. The second kappa shape index (κ2) is 4.22. The average Bonchev–Trinajstić information content (AvgIpc) is 2.92. The highest BCUT2D eigenvalue weighted by molar-refractivity contribution is 5.80. The summed E-state index contributed by atoms with van der Waals surface area (Å²) in [6, 6.07) is 10.1. The van der Waals surface area contributed by atoms with Gasteiger partial charge in [0.2, 0.25) is 0 Å². The molecule has 0 saturated carbocycles. The molecule has 0 aliphatic heterocycles. The van der Waals surface area contributed by atoms with Crippen molar-refractivity contribution in [2.45, 2.75) is 13.5 Å². The number of H-pyrrole nitrogens is 1. The van der Waals surface area contributed by atoms with Crippen molar-refractivity contribution in [3.8, 4) is 5.75 Å². The first kappa shape index (κ1) is 10.9. The van der Waals surface area contributed by atoms with Crippen LogP contribution in [0.3, 0.4) is 0 Å². The number of hydrogen-bond acceptors (Lipinski definition) is 2. The van der Waals surface area contributed by atoms with Crippen LogP contribution in [0.25, 0.3) is 10.9 Å². The quantitative estimate of drug-likeness (QED) is 0.766. The first-order valence-corrected chi connectivity index (χ1v) is 5.92. The van der Waals surface area contributed by atoms with Crippen molar-refractivity contribution in [1.82, 2.24) is 14.8 Å². The summed E-state index contributed by atoms with van der Waals surface area (Å²) in [5.74, 6) is 0.876. The third-order valence-electron chi connectivity index (χ3n) is 3.01. The molecule has 0 unspecified atom stereocenters. The van der Waals surface area contributed by atoms with Crippen LogP contribution < -0.4 is 4.74 Å². The minimum absolute atomic E-state index is 0.535. The van der Waals surface area contributed by atoms with E-state index in [4.69, 9.17) is 4.74 Å². The molecule has 0 fully saturated rings. The van der Waals surface area contributed by atoms with E-state index < -0.39 is 0 Å². The van der Waals surface area contributed by atoms with Gasteiger partial charge < -0.3 is 9.72 Å². The lowest BCUT2D eigenvalue weighted by atomic mass is 10.2. The van der Waals surface area contributed by atoms with E-state index in [1.807, 2.05) is 55.2 Å². The minimum Gasteiger partial charge on any atom is -0.487 e. The van der Waals surface area contributed by atoms with Crippen molar-refractivity contribution < 1.29 is 4.74 Å². The lowest BCUT2D eigenvalue weighted by Gasteiger charge is -2.06. The van der Waals surface area contributed by atoms with E-state index in [0.717, 1.165) is 28.0 Å². The van der Waals surface area contributed by atoms with Crippen molar-refractivity contribution >= 4 is 10.9 Å². The molecule has 0 atom stereocenters. The molecule has 2 aromatic heterocycles. The van der Waals surface area contributed by atoms with Crippen LogP contribution in [0.2, 0.25) is 0 Å². The Kier molecular flexibility index (Phi) is 2.55. The Hall–Kier alpha value is -2.23. The van der Waals surface area contributed by atoms with Crippen molar-refractivity contribution in [2.75, 3.05) is 0 Å². The van der Waals surface area contributed by atoms with E-state index in [2.05, 4.69) is 10.1 Å². The Morgan fingerprint density at radius 2 is 2.17 bits per heavy atom. The predicted octanol–water partition coefficient (Wildman–Crippen LogP) is 2.79. The number of nitrogens with zero attached hydrogens (tertiary/aromatic N) is 2. The number of aromatic nitrogens is 3. The number of benzene rings is 1. The van der Waals surface area contributed by atoms with Gasteiger partial charge in [-0.2, -0.15) is 5.10 Å². The van der Waals surface area contributed by atoms with E-state index in [1.54, 1.807) is 0 Å². The van der Waals surface area contributed by atoms with Gasteiger partial charge in [-0.3, -0.25) is 4.68 Å². The SMILES string of the molecule is Cc1cc(COc2ccc3[nH]ccc3c2)n(C)n1. The molecule has 3 rings (SSSR count). The zero-order chi connectivity index (χ0) is 12.5. The molecule has 4 nitrogen and oxygen atoms in total. The predicted molar refractivity (Wildman–Crippen MR) is 70.6 cm³/mol. The smallest absolute Gasteiger partial charge is 0.130 e. The summed E-state index contributed by atoms with van der Waals surface area (Å²) in [6.07, 6.45) is 1.93. The van der Waals surface area contributed by atoms with Gasteiger partial charge in [0.25, 0.3) is 0 Å². The zero-order valence-corrected chi connectivity index (χ0v) is 10.5. The van der Waals surface area contributed by atoms with Gasteiger partial charge in [-0.15, -0.1) is 0 Å². The summed E-state index contributed by atoms with van der Waals surface area (Å²) < 4.78 is 7.64. The van der Waals surface area contributed by atoms with Crippen molar-refractivity contribution in [1.29, 1.82) is 0 Å². The molecule has 3 aromatic rings. The Morgan fingerprint density at radius 1 is 1.28 bits per heavy atom. The van der Waals surface area contributed by atoms with E-state index in [-0.39, 0.29) is 0 Å². The summed E-state index contributed by atoms with van der Waals surface area (Å²) in [5, 5.41) is 5.46. The Bertz CT molecular complexity index is 681. The number of ether oxygens (including phenoxy) is 1. The van der Waals surface area contributed by atoms with Crippen LogP contribution in [0.4, 0.5) is 0 Å². The molecular weight excluding hydrogens is 226 g/mol. The highest BCUT2D eigenvalue weighted by atomic mass is 16.5. The molecule has 0 radical (unpaired) electrons. The first-order chi connectivity index (χ1) is 8.72.